The summed E-state index contributed by atoms with van der Waals surface area (Å²) in [6.45, 7) is 0. The van der Waals surface area contributed by atoms with Crippen molar-refractivity contribution in [3.05, 3.63) is 145 Å². The quantitative estimate of drug-likeness (QED) is 0.229. The molecule has 6 rings (SSSR count). The predicted molar refractivity (Wildman–Crippen MR) is 155 cm³/mol. The highest BCUT2D eigenvalue weighted by molar-refractivity contribution is 5.89. The van der Waals surface area contributed by atoms with Gasteiger partial charge in [-0.3, -0.25) is 0 Å². The van der Waals surface area contributed by atoms with E-state index in [2.05, 4.69) is 30.3 Å². The van der Waals surface area contributed by atoms with E-state index in [0.29, 0.717) is 22.5 Å². The van der Waals surface area contributed by atoms with Gasteiger partial charge in [0.1, 0.15) is 5.82 Å². The van der Waals surface area contributed by atoms with Crippen LogP contribution in [-0.4, -0.2) is 7.05 Å². The highest BCUT2D eigenvalue weighted by Gasteiger charge is 2.21. The lowest BCUT2D eigenvalue weighted by Gasteiger charge is -2.25. The third-order valence-corrected chi connectivity index (χ3v) is 7.03. The summed E-state index contributed by atoms with van der Waals surface area (Å²) in [7, 11) is 1.70. The molecule has 184 valence electrons. The molecule has 0 amide bonds. The lowest BCUT2D eigenvalue weighted by molar-refractivity contribution is 0.619. The molecule has 0 radical (unpaired) electrons. The van der Waals surface area contributed by atoms with E-state index in [1.54, 1.807) is 36.2 Å². The van der Waals surface area contributed by atoms with Crippen molar-refractivity contribution in [2.24, 2.45) is 0 Å². The van der Waals surface area contributed by atoms with Gasteiger partial charge in [0.2, 0.25) is 0 Å². The van der Waals surface area contributed by atoms with Gasteiger partial charge in [0, 0.05) is 18.2 Å². The number of rotatable bonds is 5. The van der Waals surface area contributed by atoms with Crippen molar-refractivity contribution >= 4 is 22.1 Å². The summed E-state index contributed by atoms with van der Waals surface area (Å²) in [5, 5.41) is 2.37. The average Bonchev–Trinajstić information content (AvgIpc) is 2.97. The minimum Gasteiger partial charge on any atom is -0.339 e. The van der Waals surface area contributed by atoms with Crippen molar-refractivity contribution in [1.29, 1.82) is 0 Å². The van der Waals surface area contributed by atoms with Gasteiger partial charge in [-0.05, 0) is 51.2 Å². The maximum absolute atomic E-state index is 16.4. The second kappa shape index (κ2) is 9.95. The molecule has 0 fully saturated rings. The summed E-state index contributed by atoms with van der Waals surface area (Å²) < 4.78 is 31.2. The normalized spacial score (nSPS) is 11.0. The van der Waals surface area contributed by atoms with Crippen molar-refractivity contribution in [2.75, 3.05) is 11.9 Å². The Labute approximate surface area is 221 Å². The van der Waals surface area contributed by atoms with Crippen LogP contribution in [0.2, 0.25) is 0 Å². The van der Waals surface area contributed by atoms with Crippen LogP contribution in [0.4, 0.5) is 20.2 Å². The molecule has 0 saturated carbocycles. The van der Waals surface area contributed by atoms with Crippen molar-refractivity contribution in [2.45, 2.75) is 0 Å². The van der Waals surface area contributed by atoms with Gasteiger partial charge in [0.05, 0.1) is 11.4 Å². The van der Waals surface area contributed by atoms with Gasteiger partial charge in [0.15, 0.2) is 5.82 Å². The molecule has 3 heteroatoms. The molecular weight excluding hydrogens is 472 g/mol. The van der Waals surface area contributed by atoms with Gasteiger partial charge < -0.3 is 4.90 Å². The number of nitrogens with zero attached hydrogens (tertiary/aromatic N) is 1. The summed E-state index contributed by atoms with van der Waals surface area (Å²) in [4.78, 5) is 1.60. The van der Waals surface area contributed by atoms with Crippen LogP contribution >= 0.6 is 0 Å². The fourth-order valence-corrected chi connectivity index (χ4v) is 5.02. The standard InChI is InChI=1S/C35H25F2N/c1-38(33-14-8-7-13-32(33)36)35-31(26-10-3-2-4-11-26)22-21-30(34(35)37)27-18-15-25(16-19-27)29-20-17-24-9-5-6-12-28(24)23-29/h2-23H,1H3. The Balaban J connectivity index is 1.44. The fraction of sp³-hybridized carbons (Fsp3) is 0.0286. The molecule has 6 aromatic carbocycles. The van der Waals surface area contributed by atoms with E-state index in [-0.39, 0.29) is 0 Å². The van der Waals surface area contributed by atoms with Crippen molar-refractivity contribution in [3.8, 4) is 33.4 Å². The summed E-state index contributed by atoms with van der Waals surface area (Å²) in [6.07, 6.45) is 0. The largest absolute Gasteiger partial charge is 0.339 e. The van der Waals surface area contributed by atoms with E-state index in [4.69, 9.17) is 0 Å². The molecule has 38 heavy (non-hydrogen) atoms. The molecule has 0 N–H and O–H groups in total. The van der Waals surface area contributed by atoms with Crippen LogP contribution < -0.4 is 4.90 Å². The van der Waals surface area contributed by atoms with Gasteiger partial charge in [-0.1, -0.05) is 115 Å². The second-order valence-electron chi connectivity index (χ2n) is 9.34. The maximum Gasteiger partial charge on any atom is 0.155 e. The van der Waals surface area contributed by atoms with E-state index in [9.17, 15) is 4.39 Å². The molecule has 0 spiro atoms. The molecular formula is C35H25F2N. The first kappa shape index (κ1) is 23.6. The van der Waals surface area contributed by atoms with E-state index in [1.807, 2.05) is 72.8 Å². The topological polar surface area (TPSA) is 3.24 Å². The van der Waals surface area contributed by atoms with E-state index in [0.717, 1.165) is 22.3 Å². The van der Waals surface area contributed by atoms with E-state index < -0.39 is 11.6 Å². The number of hydrogen-bond donors (Lipinski definition) is 0. The Bertz CT molecular complexity index is 1740. The number of anilines is 2. The van der Waals surface area contributed by atoms with E-state index in [1.165, 1.54) is 16.8 Å². The molecule has 0 aromatic heterocycles. The summed E-state index contributed by atoms with van der Waals surface area (Å²) in [5.74, 6) is -0.797. The van der Waals surface area contributed by atoms with Gasteiger partial charge >= 0.3 is 0 Å². The molecule has 0 bridgehead atoms. The Morgan fingerprint density at radius 2 is 1.05 bits per heavy atom. The van der Waals surface area contributed by atoms with Crippen LogP contribution in [0.3, 0.4) is 0 Å². The lowest BCUT2D eigenvalue weighted by atomic mass is 9.95. The summed E-state index contributed by atoms with van der Waals surface area (Å²) >= 11 is 0. The lowest BCUT2D eigenvalue weighted by Crippen LogP contribution is -2.14. The molecule has 0 aliphatic rings. The number of benzene rings is 6. The summed E-state index contributed by atoms with van der Waals surface area (Å²) in [6, 6.07) is 42.4. The van der Waals surface area contributed by atoms with Gasteiger partial charge in [0.25, 0.3) is 0 Å². The predicted octanol–water partition coefficient (Wildman–Crippen LogP) is 9.89. The third kappa shape index (κ3) is 4.33. The Morgan fingerprint density at radius 1 is 0.474 bits per heavy atom. The third-order valence-electron chi connectivity index (χ3n) is 7.03. The van der Waals surface area contributed by atoms with Crippen LogP contribution in [-0.2, 0) is 0 Å². The molecule has 0 aliphatic carbocycles. The van der Waals surface area contributed by atoms with Crippen LogP contribution in [0.25, 0.3) is 44.2 Å². The molecule has 0 atom stereocenters. The Kier molecular flexibility index (Phi) is 6.19. The zero-order valence-corrected chi connectivity index (χ0v) is 20.9. The first-order chi connectivity index (χ1) is 18.6. The maximum atomic E-state index is 16.4. The van der Waals surface area contributed by atoms with Crippen molar-refractivity contribution < 1.29 is 8.78 Å². The minimum absolute atomic E-state index is 0.312. The first-order valence-electron chi connectivity index (χ1n) is 12.6. The molecule has 1 nitrogen and oxygen atoms in total. The van der Waals surface area contributed by atoms with Gasteiger partial charge in [-0.25, -0.2) is 8.78 Å². The van der Waals surface area contributed by atoms with Crippen LogP contribution in [0, 0.1) is 11.6 Å². The molecule has 0 unspecified atom stereocenters. The van der Waals surface area contributed by atoms with E-state index >= 15 is 4.39 Å². The highest BCUT2D eigenvalue weighted by atomic mass is 19.1. The molecule has 6 aromatic rings. The number of fused-ring (bicyclic) bond motifs is 1. The van der Waals surface area contributed by atoms with Crippen LogP contribution in [0.15, 0.2) is 133 Å². The zero-order chi connectivity index (χ0) is 26.1. The van der Waals surface area contributed by atoms with Crippen molar-refractivity contribution in [3.63, 3.8) is 0 Å². The molecule has 0 aliphatic heterocycles. The first-order valence-corrected chi connectivity index (χ1v) is 12.6. The van der Waals surface area contributed by atoms with Gasteiger partial charge in [-0.2, -0.15) is 0 Å². The smallest absolute Gasteiger partial charge is 0.155 e. The number of para-hydroxylation sites is 1. The van der Waals surface area contributed by atoms with Gasteiger partial charge in [-0.15, -0.1) is 0 Å². The number of hydrogen-bond acceptors (Lipinski definition) is 1. The fourth-order valence-electron chi connectivity index (χ4n) is 5.02. The SMILES string of the molecule is CN(c1ccccc1F)c1c(-c2ccccc2)ccc(-c2ccc(-c3ccc4ccccc4c3)cc2)c1F. The minimum atomic E-state index is -0.404. The highest BCUT2D eigenvalue weighted by Crippen LogP contribution is 2.41. The monoisotopic (exact) mass is 497 g/mol. The Morgan fingerprint density at radius 3 is 1.82 bits per heavy atom. The molecule has 0 heterocycles. The zero-order valence-electron chi connectivity index (χ0n) is 20.9. The number of halogens is 2. The van der Waals surface area contributed by atoms with Crippen molar-refractivity contribution in [1.82, 2.24) is 0 Å². The van der Waals surface area contributed by atoms with Crippen LogP contribution in [0.1, 0.15) is 0 Å². The summed E-state index contributed by atoms with van der Waals surface area (Å²) in [5.41, 5.74) is 5.60. The molecule has 0 saturated heterocycles. The average molecular weight is 498 g/mol. The van der Waals surface area contributed by atoms with Crippen LogP contribution in [0.5, 0.6) is 0 Å². The Hall–Kier alpha value is -4.76. The second-order valence-corrected chi connectivity index (χ2v) is 9.34.